The zero-order valence-electron chi connectivity index (χ0n) is 17.4. The molecule has 6 nitrogen and oxygen atoms in total. The molecule has 1 aromatic heterocycles. The van der Waals surface area contributed by atoms with Crippen LogP contribution in [0.2, 0.25) is 0 Å². The summed E-state index contributed by atoms with van der Waals surface area (Å²) >= 11 is 0. The topological polar surface area (TPSA) is 73.4 Å². The maximum absolute atomic E-state index is 12.3. The van der Waals surface area contributed by atoms with Gasteiger partial charge in [0.1, 0.15) is 5.69 Å². The molecule has 0 aliphatic carbocycles. The minimum absolute atomic E-state index is 0.330. The molecule has 0 saturated heterocycles. The van der Waals surface area contributed by atoms with Gasteiger partial charge in [0.05, 0.1) is 11.9 Å². The van der Waals surface area contributed by atoms with Crippen LogP contribution >= 0.6 is 0 Å². The van der Waals surface area contributed by atoms with Crippen LogP contribution in [0.15, 0.2) is 53.6 Å². The Kier molecular flexibility index (Phi) is 6.44. The molecule has 1 heterocycles. The number of benzene rings is 2. The van der Waals surface area contributed by atoms with Crippen molar-refractivity contribution in [3.05, 3.63) is 70.9 Å². The highest BCUT2D eigenvalue weighted by Gasteiger charge is 2.11. The highest BCUT2D eigenvalue weighted by Crippen LogP contribution is 2.21. The molecule has 0 unspecified atom stereocenters. The first-order chi connectivity index (χ1) is 14.0. The third-order valence-electron chi connectivity index (χ3n) is 5.03. The van der Waals surface area contributed by atoms with Gasteiger partial charge < -0.3 is 4.90 Å². The van der Waals surface area contributed by atoms with Gasteiger partial charge in [0, 0.05) is 24.3 Å². The number of hydrogen-bond donors (Lipinski definition) is 2. The molecule has 0 fully saturated rings. The Balaban J connectivity index is 1.62. The zero-order chi connectivity index (χ0) is 20.8. The van der Waals surface area contributed by atoms with Gasteiger partial charge >= 0.3 is 0 Å². The van der Waals surface area contributed by atoms with Gasteiger partial charge in [-0.15, -0.1) is 0 Å². The number of carbonyl (C=O) groups is 1. The van der Waals surface area contributed by atoms with Crippen LogP contribution in [0.25, 0.3) is 11.3 Å². The molecular formula is C23H27N5O. The Morgan fingerprint density at radius 1 is 1.07 bits per heavy atom. The lowest BCUT2D eigenvalue weighted by atomic mass is 10.0. The summed E-state index contributed by atoms with van der Waals surface area (Å²) in [5, 5.41) is 11.1. The Morgan fingerprint density at radius 3 is 2.45 bits per heavy atom. The summed E-state index contributed by atoms with van der Waals surface area (Å²) in [6, 6.07) is 15.9. The number of hydrogen-bond acceptors (Lipinski definition) is 4. The molecule has 2 N–H and O–H groups in total. The molecule has 1 amide bonds. The smallest absolute Gasteiger partial charge is 0.289 e. The van der Waals surface area contributed by atoms with Gasteiger partial charge in [-0.2, -0.15) is 10.2 Å². The van der Waals surface area contributed by atoms with Gasteiger partial charge in [0.15, 0.2) is 0 Å². The number of hydrazone groups is 1. The van der Waals surface area contributed by atoms with Crippen molar-refractivity contribution < 1.29 is 4.79 Å². The lowest BCUT2D eigenvalue weighted by Crippen LogP contribution is -2.21. The largest absolute Gasteiger partial charge is 0.372 e. The van der Waals surface area contributed by atoms with Gasteiger partial charge in [-0.25, -0.2) is 5.43 Å². The molecule has 0 aliphatic rings. The average Bonchev–Trinajstić information content (AvgIpc) is 3.22. The molecule has 150 valence electrons. The third-order valence-corrected chi connectivity index (χ3v) is 5.03. The van der Waals surface area contributed by atoms with Crippen molar-refractivity contribution in [2.45, 2.75) is 27.7 Å². The summed E-state index contributed by atoms with van der Waals surface area (Å²) in [5.41, 5.74) is 9.12. The van der Waals surface area contributed by atoms with E-state index in [9.17, 15) is 4.79 Å². The molecule has 0 atom stereocenters. The standard InChI is InChI=1S/C23H27N5O/c1-5-28(6-2)20-11-8-18(9-12-20)15-24-27-23(29)22-14-21(25-26-22)19-10-7-16(3)17(4)13-19/h7-15H,5-6H2,1-4H3,(H,25,26)(H,27,29)/b24-15+. The van der Waals surface area contributed by atoms with Crippen molar-refractivity contribution in [2.75, 3.05) is 18.0 Å². The van der Waals surface area contributed by atoms with Crippen LogP contribution in [0.1, 0.15) is 41.0 Å². The predicted octanol–water partition coefficient (Wildman–Crippen LogP) is 4.30. The van der Waals surface area contributed by atoms with E-state index >= 15 is 0 Å². The quantitative estimate of drug-likeness (QED) is 0.467. The highest BCUT2D eigenvalue weighted by atomic mass is 16.2. The van der Waals surface area contributed by atoms with Gasteiger partial charge in [-0.3, -0.25) is 9.89 Å². The number of nitrogens with zero attached hydrogens (tertiary/aromatic N) is 3. The molecule has 0 bridgehead atoms. The van der Waals surface area contributed by atoms with Crippen molar-refractivity contribution in [1.29, 1.82) is 0 Å². The fourth-order valence-corrected chi connectivity index (χ4v) is 3.07. The van der Waals surface area contributed by atoms with E-state index < -0.39 is 0 Å². The molecule has 2 aromatic carbocycles. The maximum atomic E-state index is 12.3. The fourth-order valence-electron chi connectivity index (χ4n) is 3.07. The van der Waals surface area contributed by atoms with Crippen LogP contribution in [0.3, 0.4) is 0 Å². The van der Waals surface area contributed by atoms with E-state index in [1.807, 2.05) is 18.2 Å². The summed E-state index contributed by atoms with van der Waals surface area (Å²) in [4.78, 5) is 14.6. The molecular weight excluding hydrogens is 362 g/mol. The summed E-state index contributed by atoms with van der Waals surface area (Å²) < 4.78 is 0. The van der Waals surface area contributed by atoms with E-state index in [2.05, 4.69) is 77.6 Å². The van der Waals surface area contributed by atoms with Crippen molar-refractivity contribution in [3.63, 3.8) is 0 Å². The van der Waals surface area contributed by atoms with E-state index in [1.54, 1.807) is 12.3 Å². The summed E-state index contributed by atoms with van der Waals surface area (Å²) in [6.07, 6.45) is 1.63. The normalized spacial score (nSPS) is 11.0. The number of H-pyrrole nitrogens is 1. The number of aromatic amines is 1. The number of rotatable bonds is 7. The van der Waals surface area contributed by atoms with Crippen LogP contribution in [-0.4, -0.2) is 35.4 Å². The monoisotopic (exact) mass is 389 g/mol. The molecule has 0 spiro atoms. The van der Waals surface area contributed by atoms with Crippen LogP contribution in [0, 0.1) is 13.8 Å². The molecule has 6 heteroatoms. The molecule has 0 saturated carbocycles. The number of nitrogens with one attached hydrogen (secondary N) is 2. The Morgan fingerprint density at radius 2 is 1.79 bits per heavy atom. The molecule has 29 heavy (non-hydrogen) atoms. The maximum Gasteiger partial charge on any atom is 0.289 e. The molecule has 3 rings (SSSR count). The second-order valence-corrected chi connectivity index (χ2v) is 6.93. The Bertz CT molecular complexity index is 1000. The predicted molar refractivity (Wildman–Crippen MR) is 119 cm³/mol. The van der Waals surface area contributed by atoms with Gasteiger partial charge in [-0.05, 0) is 68.7 Å². The van der Waals surface area contributed by atoms with E-state index in [0.717, 1.165) is 29.9 Å². The minimum Gasteiger partial charge on any atom is -0.372 e. The fraction of sp³-hybridized carbons (Fsp3) is 0.261. The molecule has 3 aromatic rings. The van der Waals surface area contributed by atoms with Crippen LogP contribution in [-0.2, 0) is 0 Å². The lowest BCUT2D eigenvalue weighted by molar-refractivity contribution is 0.0950. The van der Waals surface area contributed by atoms with Crippen molar-refractivity contribution in [1.82, 2.24) is 15.6 Å². The van der Waals surface area contributed by atoms with Crippen molar-refractivity contribution in [3.8, 4) is 11.3 Å². The van der Waals surface area contributed by atoms with Crippen LogP contribution in [0.5, 0.6) is 0 Å². The molecule has 0 aliphatic heterocycles. The number of aromatic nitrogens is 2. The number of amides is 1. The first kappa shape index (κ1) is 20.3. The van der Waals surface area contributed by atoms with E-state index in [-0.39, 0.29) is 5.91 Å². The first-order valence-corrected chi connectivity index (χ1v) is 9.83. The van der Waals surface area contributed by atoms with E-state index in [1.165, 1.54) is 16.8 Å². The molecule has 0 radical (unpaired) electrons. The van der Waals surface area contributed by atoms with Crippen molar-refractivity contribution in [2.24, 2.45) is 5.10 Å². The average molecular weight is 390 g/mol. The van der Waals surface area contributed by atoms with Crippen LogP contribution < -0.4 is 10.3 Å². The minimum atomic E-state index is -0.330. The number of anilines is 1. The van der Waals surface area contributed by atoms with E-state index in [0.29, 0.717) is 5.69 Å². The zero-order valence-corrected chi connectivity index (χ0v) is 17.4. The summed E-state index contributed by atoms with van der Waals surface area (Å²) in [7, 11) is 0. The van der Waals surface area contributed by atoms with Crippen LogP contribution in [0.4, 0.5) is 5.69 Å². The second kappa shape index (κ2) is 9.19. The second-order valence-electron chi connectivity index (χ2n) is 6.93. The van der Waals surface area contributed by atoms with E-state index in [4.69, 9.17) is 0 Å². The Hall–Kier alpha value is -3.41. The SMILES string of the molecule is CCN(CC)c1ccc(/C=N/NC(=O)c2cc(-c3ccc(C)c(C)c3)n[nH]2)cc1. The summed E-state index contributed by atoms with van der Waals surface area (Å²) in [6.45, 7) is 10.3. The number of aryl methyl sites for hydroxylation is 2. The van der Waals surface area contributed by atoms with Crippen molar-refractivity contribution >= 4 is 17.8 Å². The Labute approximate surface area is 171 Å². The van der Waals surface area contributed by atoms with Gasteiger partial charge in [0.25, 0.3) is 5.91 Å². The van der Waals surface area contributed by atoms with Gasteiger partial charge in [0.2, 0.25) is 0 Å². The third kappa shape index (κ3) is 4.90. The highest BCUT2D eigenvalue weighted by molar-refractivity contribution is 5.94. The van der Waals surface area contributed by atoms with Gasteiger partial charge in [-0.1, -0.05) is 24.3 Å². The number of carbonyl (C=O) groups excluding carboxylic acids is 1. The summed E-state index contributed by atoms with van der Waals surface area (Å²) in [5.74, 6) is -0.330. The first-order valence-electron chi connectivity index (χ1n) is 9.83. The lowest BCUT2D eigenvalue weighted by Gasteiger charge is -2.20.